The molecule has 6 nitrogen and oxygen atoms in total. The lowest BCUT2D eigenvalue weighted by Crippen LogP contribution is -2.13. The van der Waals surface area contributed by atoms with Crippen molar-refractivity contribution in [3.05, 3.63) is 94.5 Å². The Morgan fingerprint density at radius 1 is 0.885 bits per heavy atom. The van der Waals surface area contributed by atoms with E-state index in [0.29, 0.717) is 22.4 Å². The summed E-state index contributed by atoms with van der Waals surface area (Å²) in [5, 5.41) is 10.8. The van der Waals surface area contributed by atoms with E-state index in [0.717, 1.165) is 5.56 Å². The summed E-state index contributed by atoms with van der Waals surface area (Å²) in [5.74, 6) is 0.252. The molecule has 0 atom stereocenters. The minimum absolute atomic E-state index is 0.0553. The zero-order valence-corrected chi connectivity index (χ0v) is 13.6. The van der Waals surface area contributed by atoms with Gasteiger partial charge >= 0.3 is 0 Å². The first-order chi connectivity index (χ1) is 12.6. The standard InChI is InChI=1S/C20H13N3O3/c24-20(15-10-12-16(13-11-15)23(25)26)22-18-9-5-4-8-17(18)21-19(22)14-6-2-1-3-7-14/h1-13H. The van der Waals surface area contributed by atoms with E-state index in [1.54, 1.807) is 4.57 Å². The first-order valence-corrected chi connectivity index (χ1v) is 7.97. The van der Waals surface area contributed by atoms with Crippen molar-refractivity contribution in [2.75, 3.05) is 0 Å². The maximum atomic E-state index is 13.1. The molecule has 0 saturated heterocycles. The van der Waals surface area contributed by atoms with Gasteiger partial charge < -0.3 is 0 Å². The summed E-state index contributed by atoms with van der Waals surface area (Å²) in [7, 11) is 0. The Balaban J connectivity index is 1.89. The van der Waals surface area contributed by atoms with Gasteiger partial charge in [0.05, 0.1) is 16.0 Å². The van der Waals surface area contributed by atoms with Gasteiger partial charge in [-0.1, -0.05) is 42.5 Å². The smallest absolute Gasteiger partial charge is 0.268 e. The van der Waals surface area contributed by atoms with Gasteiger partial charge in [0.1, 0.15) is 5.82 Å². The first-order valence-electron chi connectivity index (χ1n) is 7.97. The first kappa shape index (κ1) is 15.7. The van der Waals surface area contributed by atoms with Crippen LogP contribution in [0.15, 0.2) is 78.9 Å². The number of nitro groups is 1. The van der Waals surface area contributed by atoms with Crippen molar-refractivity contribution in [3.8, 4) is 11.4 Å². The van der Waals surface area contributed by atoms with E-state index in [9.17, 15) is 14.9 Å². The van der Waals surface area contributed by atoms with Crippen LogP contribution in [0.2, 0.25) is 0 Å². The van der Waals surface area contributed by atoms with Crippen molar-refractivity contribution < 1.29 is 9.72 Å². The molecule has 126 valence electrons. The van der Waals surface area contributed by atoms with E-state index >= 15 is 0 Å². The Morgan fingerprint density at radius 2 is 1.54 bits per heavy atom. The van der Waals surface area contributed by atoms with Gasteiger partial charge in [-0.25, -0.2) is 4.98 Å². The van der Waals surface area contributed by atoms with Crippen molar-refractivity contribution in [2.45, 2.75) is 0 Å². The highest BCUT2D eigenvalue weighted by Gasteiger charge is 2.20. The predicted octanol–water partition coefficient (Wildman–Crippen LogP) is 4.30. The van der Waals surface area contributed by atoms with Crippen molar-refractivity contribution in [1.29, 1.82) is 0 Å². The third-order valence-corrected chi connectivity index (χ3v) is 4.12. The second kappa shape index (κ2) is 6.25. The summed E-state index contributed by atoms with van der Waals surface area (Å²) in [6.45, 7) is 0. The largest absolute Gasteiger partial charge is 0.269 e. The molecule has 0 amide bonds. The molecule has 0 fully saturated rings. The van der Waals surface area contributed by atoms with Crippen LogP contribution in [-0.4, -0.2) is 20.4 Å². The van der Waals surface area contributed by atoms with Gasteiger partial charge in [-0.15, -0.1) is 0 Å². The van der Waals surface area contributed by atoms with E-state index in [1.807, 2.05) is 54.6 Å². The highest BCUT2D eigenvalue weighted by molar-refractivity contribution is 6.04. The van der Waals surface area contributed by atoms with Crippen molar-refractivity contribution in [3.63, 3.8) is 0 Å². The van der Waals surface area contributed by atoms with Crippen LogP contribution in [0, 0.1) is 10.1 Å². The van der Waals surface area contributed by atoms with E-state index < -0.39 is 4.92 Å². The Labute approximate surface area is 148 Å². The van der Waals surface area contributed by atoms with Crippen LogP contribution >= 0.6 is 0 Å². The minimum atomic E-state index is -0.490. The minimum Gasteiger partial charge on any atom is -0.268 e. The fraction of sp³-hybridized carbons (Fsp3) is 0. The third kappa shape index (κ3) is 2.63. The average Bonchev–Trinajstić information content (AvgIpc) is 3.08. The van der Waals surface area contributed by atoms with Crippen molar-refractivity contribution in [2.24, 2.45) is 0 Å². The van der Waals surface area contributed by atoms with E-state index in [2.05, 4.69) is 4.98 Å². The second-order valence-corrected chi connectivity index (χ2v) is 5.73. The van der Waals surface area contributed by atoms with E-state index in [4.69, 9.17) is 0 Å². The lowest BCUT2D eigenvalue weighted by Gasteiger charge is -2.08. The van der Waals surface area contributed by atoms with Gasteiger partial charge in [0, 0.05) is 23.3 Å². The lowest BCUT2D eigenvalue weighted by atomic mass is 10.1. The molecule has 0 bridgehead atoms. The Kier molecular flexibility index (Phi) is 3.78. The summed E-state index contributed by atoms with van der Waals surface area (Å²) < 4.78 is 1.55. The molecule has 4 aromatic rings. The highest BCUT2D eigenvalue weighted by atomic mass is 16.6. The van der Waals surface area contributed by atoms with Gasteiger partial charge in [-0.3, -0.25) is 19.5 Å². The van der Waals surface area contributed by atoms with Gasteiger partial charge in [0.25, 0.3) is 11.6 Å². The molecular weight excluding hydrogens is 330 g/mol. The molecule has 0 spiro atoms. The number of carbonyl (C=O) groups excluding carboxylic acids is 1. The van der Waals surface area contributed by atoms with Crippen molar-refractivity contribution >= 4 is 22.6 Å². The van der Waals surface area contributed by atoms with Gasteiger partial charge in [-0.2, -0.15) is 0 Å². The number of carbonyl (C=O) groups is 1. The van der Waals surface area contributed by atoms with Crippen LogP contribution in [0.3, 0.4) is 0 Å². The van der Waals surface area contributed by atoms with E-state index in [1.165, 1.54) is 24.3 Å². The van der Waals surface area contributed by atoms with Crippen LogP contribution in [0.4, 0.5) is 5.69 Å². The zero-order chi connectivity index (χ0) is 18.1. The topological polar surface area (TPSA) is 78.0 Å². The summed E-state index contributed by atoms with van der Waals surface area (Å²) >= 11 is 0. The number of rotatable bonds is 3. The van der Waals surface area contributed by atoms with Gasteiger partial charge in [-0.05, 0) is 24.3 Å². The summed E-state index contributed by atoms with van der Waals surface area (Å²) in [4.78, 5) is 28.1. The average molecular weight is 343 g/mol. The third-order valence-electron chi connectivity index (χ3n) is 4.12. The molecule has 4 rings (SSSR count). The van der Waals surface area contributed by atoms with Crippen LogP contribution in [0.5, 0.6) is 0 Å². The maximum absolute atomic E-state index is 13.1. The fourth-order valence-corrected chi connectivity index (χ4v) is 2.87. The molecule has 1 heterocycles. The van der Waals surface area contributed by atoms with Gasteiger partial charge in [0.15, 0.2) is 0 Å². The lowest BCUT2D eigenvalue weighted by molar-refractivity contribution is -0.384. The maximum Gasteiger partial charge on any atom is 0.269 e. The molecule has 0 unspecified atom stereocenters. The highest BCUT2D eigenvalue weighted by Crippen LogP contribution is 2.26. The monoisotopic (exact) mass is 343 g/mol. The van der Waals surface area contributed by atoms with Crippen LogP contribution in [0.25, 0.3) is 22.4 Å². The number of fused-ring (bicyclic) bond motifs is 1. The molecule has 0 aliphatic rings. The number of non-ortho nitro benzene ring substituents is 1. The number of benzene rings is 3. The zero-order valence-electron chi connectivity index (χ0n) is 13.6. The molecule has 0 radical (unpaired) electrons. The summed E-state index contributed by atoms with van der Waals surface area (Å²) in [5.41, 5.74) is 2.52. The van der Waals surface area contributed by atoms with Gasteiger partial charge in [0.2, 0.25) is 0 Å². The second-order valence-electron chi connectivity index (χ2n) is 5.73. The van der Waals surface area contributed by atoms with Crippen molar-refractivity contribution in [1.82, 2.24) is 9.55 Å². The van der Waals surface area contributed by atoms with Crippen LogP contribution in [0.1, 0.15) is 10.4 Å². The number of nitrogens with zero attached hydrogens (tertiary/aromatic N) is 3. The summed E-state index contributed by atoms with van der Waals surface area (Å²) in [6.07, 6.45) is 0. The number of para-hydroxylation sites is 2. The number of aromatic nitrogens is 2. The van der Waals surface area contributed by atoms with E-state index in [-0.39, 0.29) is 11.6 Å². The molecule has 0 aliphatic carbocycles. The Bertz CT molecular complexity index is 1120. The SMILES string of the molecule is O=C(c1ccc([N+](=O)[O-])cc1)n1c(-c2ccccc2)nc2ccccc21. The normalized spacial score (nSPS) is 10.8. The molecule has 26 heavy (non-hydrogen) atoms. The summed E-state index contributed by atoms with van der Waals surface area (Å²) in [6, 6.07) is 22.4. The number of hydrogen-bond donors (Lipinski definition) is 0. The fourth-order valence-electron chi connectivity index (χ4n) is 2.87. The molecule has 6 heteroatoms. The quantitative estimate of drug-likeness (QED) is 0.410. The molecule has 0 saturated carbocycles. The number of nitro benzene ring substituents is 1. The molecule has 1 aromatic heterocycles. The molecule has 0 N–H and O–H groups in total. The van der Waals surface area contributed by atoms with Crippen LogP contribution < -0.4 is 0 Å². The Hall–Kier alpha value is -3.80. The molecular formula is C20H13N3O3. The molecule has 3 aromatic carbocycles. The predicted molar refractivity (Wildman–Crippen MR) is 98.0 cm³/mol. The van der Waals surface area contributed by atoms with Crippen LogP contribution in [-0.2, 0) is 0 Å². The Morgan fingerprint density at radius 3 is 2.23 bits per heavy atom. The molecule has 0 aliphatic heterocycles. The number of imidazole rings is 1. The number of hydrogen-bond acceptors (Lipinski definition) is 4.